The highest BCUT2D eigenvalue weighted by Gasteiger charge is 2.21. The quantitative estimate of drug-likeness (QED) is 0.588. The molecule has 146 valence electrons. The molecule has 0 aliphatic heterocycles. The van der Waals surface area contributed by atoms with Crippen molar-refractivity contribution in [2.24, 2.45) is 0 Å². The number of carbonyl (C=O) groups is 1. The normalized spacial score (nSPS) is 11.1. The minimum Gasteiger partial charge on any atom is -0.435 e. The van der Waals surface area contributed by atoms with E-state index in [1.54, 1.807) is 16.8 Å². The van der Waals surface area contributed by atoms with Gasteiger partial charge in [0.05, 0.1) is 23.1 Å². The van der Waals surface area contributed by atoms with E-state index in [-0.39, 0.29) is 17.6 Å². The molecule has 0 radical (unpaired) electrons. The molecule has 0 aliphatic rings. The van der Waals surface area contributed by atoms with Crippen LogP contribution < -0.4 is 10.1 Å². The van der Waals surface area contributed by atoms with E-state index in [2.05, 4.69) is 15.2 Å². The van der Waals surface area contributed by atoms with Crippen LogP contribution in [0.5, 0.6) is 5.75 Å². The second kappa shape index (κ2) is 8.39. The molecule has 0 unspecified atom stereocenters. The SMILES string of the molecule is CC(C)c1c(C(=O)Nc2ccc(OC(F)F)cc2)cnn1-c1cccc(Cl)c1. The molecule has 0 bridgehead atoms. The van der Waals surface area contributed by atoms with Crippen LogP contribution in [0.15, 0.2) is 54.7 Å². The van der Waals surface area contributed by atoms with E-state index in [1.165, 1.54) is 30.5 Å². The Morgan fingerprint density at radius 3 is 2.50 bits per heavy atom. The van der Waals surface area contributed by atoms with Gasteiger partial charge in [0, 0.05) is 10.7 Å². The molecular weight excluding hydrogens is 388 g/mol. The van der Waals surface area contributed by atoms with Gasteiger partial charge in [-0.25, -0.2) is 4.68 Å². The van der Waals surface area contributed by atoms with Crippen molar-refractivity contribution in [2.45, 2.75) is 26.4 Å². The van der Waals surface area contributed by atoms with E-state index in [9.17, 15) is 13.6 Å². The number of hydrogen-bond acceptors (Lipinski definition) is 3. The summed E-state index contributed by atoms with van der Waals surface area (Å²) in [6.45, 7) is 1.03. The Balaban J connectivity index is 1.86. The molecule has 1 N–H and O–H groups in total. The van der Waals surface area contributed by atoms with Crippen LogP contribution in [-0.2, 0) is 0 Å². The summed E-state index contributed by atoms with van der Waals surface area (Å²) in [6.07, 6.45) is 1.50. The summed E-state index contributed by atoms with van der Waals surface area (Å²) in [4.78, 5) is 12.8. The second-order valence-electron chi connectivity index (χ2n) is 6.35. The molecule has 2 aromatic carbocycles. The van der Waals surface area contributed by atoms with E-state index in [4.69, 9.17) is 11.6 Å². The minimum absolute atomic E-state index is 0.0176. The predicted molar refractivity (Wildman–Crippen MR) is 104 cm³/mol. The third-order valence-corrected chi connectivity index (χ3v) is 4.22. The van der Waals surface area contributed by atoms with Gasteiger partial charge in [-0.3, -0.25) is 4.79 Å². The lowest BCUT2D eigenvalue weighted by Crippen LogP contribution is -2.15. The van der Waals surface area contributed by atoms with Gasteiger partial charge in [0.2, 0.25) is 0 Å². The number of anilines is 1. The number of carbonyl (C=O) groups excluding carboxylic acids is 1. The third kappa shape index (κ3) is 4.48. The highest BCUT2D eigenvalue weighted by Crippen LogP contribution is 2.26. The van der Waals surface area contributed by atoms with Gasteiger partial charge in [0.15, 0.2) is 0 Å². The smallest absolute Gasteiger partial charge is 0.387 e. The largest absolute Gasteiger partial charge is 0.435 e. The van der Waals surface area contributed by atoms with Crippen molar-refractivity contribution in [1.29, 1.82) is 0 Å². The monoisotopic (exact) mass is 405 g/mol. The Morgan fingerprint density at radius 2 is 1.89 bits per heavy atom. The van der Waals surface area contributed by atoms with E-state index in [0.717, 1.165) is 11.4 Å². The van der Waals surface area contributed by atoms with Crippen molar-refractivity contribution < 1.29 is 18.3 Å². The Kier molecular flexibility index (Phi) is 5.94. The van der Waals surface area contributed by atoms with Gasteiger partial charge in [-0.1, -0.05) is 31.5 Å². The number of benzene rings is 2. The number of nitrogens with zero attached hydrogens (tertiary/aromatic N) is 2. The van der Waals surface area contributed by atoms with E-state index in [1.807, 2.05) is 26.0 Å². The number of rotatable bonds is 6. The maximum atomic E-state index is 12.8. The highest BCUT2D eigenvalue weighted by molar-refractivity contribution is 6.30. The number of nitrogens with one attached hydrogen (secondary N) is 1. The zero-order valence-corrected chi connectivity index (χ0v) is 16.0. The summed E-state index contributed by atoms with van der Waals surface area (Å²) in [6, 6.07) is 12.9. The van der Waals surface area contributed by atoms with Crippen molar-refractivity contribution >= 4 is 23.2 Å². The first-order valence-corrected chi connectivity index (χ1v) is 8.93. The molecular formula is C20H18ClF2N3O2. The molecule has 0 saturated heterocycles. The molecule has 8 heteroatoms. The van der Waals surface area contributed by atoms with Gasteiger partial charge >= 0.3 is 6.61 Å². The van der Waals surface area contributed by atoms with Crippen LogP contribution in [0.3, 0.4) is 0 Å². The molecule has 28 heavy (non-hydrogen) atoms. The van der Waals surface area contributed by atoms with Crippen LogP contribution in [-0.4, -0.2) is 22.3 Å². The first-order valence-electron chi connectivity index (χ1n) is 8.55. The van der Waals surface area contributed by atoms with Crippen LogP contribution in [0.2, 0.25) is 5.02 Å². The Labute approximate surface area is 165 Å². The predicted octanol–water partition coefficient (Wildman–Crippen LogP) is 5.50. The first kappa shape index (κ1) is 19.8. The summed E-state index contributed by atoms with van der Waals surface area (Å²) >= 11 is 6.07. The van der Waals surface area contributed by atoms with Gasteiger partial charge < -0.3 is 10.1 Å². The summed E-state index contributed by atoms with van der Waals surface area (Å²) < 4.78 is 30.4. The molecule has 0 atom stereocenters. The topological polar surface area (TPSA) is 56.1 Å². The van der Waals surface area contributed by atoms with Gasteiger partial charge in [-0.15, -0.1) is 0 Å². The fraction of sp³-hybridized carbons (Fsp3) is 0.200. The zero-order valence-electron chi connectivity index (χ0n) is 15.2. The molecule has 1 aromatic heterocycles. The molecule has 1 amide bonds. The standard InChI is InChI=1S/C20H18ClF2N3O2/c1-12(2)18-17(11-24-26(18)15-5-3-4-13(21)10-15)19(27)25-14-6-8-16(9-7-14)28-20(22)23/h3-12,20H,1-2H3,(H,25,27). The van der Waals surface area contributed by atoms with Crippen molar-refractivity contribution in [3.63, 3.8) is 0 Å². The summed E-state index contributed by atoms with van der Waals surface area (Å²) in [7, 11) is 0. The van der Waals surface area contributed by atoms with Gasteiger partial charge in [-0.05, 0) is 48.4 Å². The first-order chi connectivity index (χ1) is 13.3. The van der Waals surface area contributed by atoms with Crippen LogP contribution in [0, 0.1) is 0 Å². The molecule has 0 aliphatic carbocycles. The van der Waals surface area contributed by atoms with Crippen molar-refractivity contribution in [1.82, 2.24) is 9.78 Å². The fourth-order valence-electron chi connectivity index (χ4n) is 2.82. The minimum atomic E-state index is -2.90. The summed E-state index contributed by atoms with van der Waals surface area (Å²) in [5.74, 6) is -0.312. The highest BCUT2D eigenvalue weighted by atomic mass is 35.5. The zero-order chi connectivity index (χ0) is 20.3. The number of amides is 1. The van der Waals surface area contributed by atoms with Gasteiger partial charge in [0.1, 0.15) is 5.75 Å². The van der Waals surface area contributed by atoms with Crippen molar-refractivity contribution in [2.75, 3.05) is 5.32 Å². The van der Waals surface area contributed by atoms with Gasteiger partial charge in [0.25, 0.3) is 5.91 Å². The van der Waals surface area contributed by atoms with Crippen LogP contribution in [0.1, 0.15) is 35.8 Å². The maximum Gasteiger partial charge on any atom is 0.387 e. The molecule has 3 rings (SSSR count). The lowest BCUT2D eigenvalue weighted by atomic mass is 10.0. The Hall–Kier alpha value is -2.93. The Morgan fingerprint density at radius 1 is 1.18 bits per heavy atom. The lowest BCUT2D eigenvalue weighted by Gasteiger charge is -2.13. The fourth-order valence-corrected chi connectivity index (χ4v) is 3.00. The lowest BCUT2D eigenvalue weighted by molar-refractivity contribution is -0.0498. The van der Waals surface area contributed by atoms with Crippen molar-refractivity contribution in [3.05, 3.63) is 71.0 Å². The second-order valence-corrected chi connectivity index (χ2v) is 6.78. The number of halogens is 3. The molecule has 5 nitrogen and oxygen atoms in total. The number of aromatic nitrogens is 2. The summed E-state index contributed by atoms with van der Waals surface area (Å²) in [5.41, 5.74) is 2.36. The van der Waals surface area contributed by atoms with Crippen LogP contribution >= 0.6 is 11.6 Å². The van der Waals surface area contributed by atoms with E-state index >= 15 is 0 Å². The van der Waals surface area contributed by atoms with E-state index < -0.39 is 6.61 Å². The van der Waals surface area contributed by atoms with Crippen LogP contribution in [0.4, 0.5) is 14.5 Å². The maximum absolute atomic E-state index is 12.8. The third-order valence-electron chi connectivity index (χ3n) is 3.99. The average molecular weight is 406 g/mol. The molecule has 0 fully saturated rings. The Bertz CT molecular complexity index is 972. The van der Waals surface area contributed by atoms with Crippen LogP contribution in [0.25, 0.3) is 5.69 Å². The number of alkyl halides is 2. The summed E-state index contributed by atoms with van der Waals surface area (Å²) in [5, 5.41) is 7.67. The molecule has 3 aromatic rings. The number of ether oxygens (including phenoxy) is 1. The van der Waals surface area contributed by atoms with Gasteiger partial charge in [-0.2, -0.15) is 13.9 Å². The van der Waals surface area contributed by atoms with Crippen molar-refractivity contribution in [3.8, 4) is 11.4 Å². The molecule has 0 spiro atoms. The number of hydrogen-bond donors (Lipinski definition) is 1. The average Bonchev–Trinajstić information content (AvgIpc) is 3.08. The molecule has 1 heterocycles. The van der Waals surface area contributed by atoms with E-state index in [0.29, 0.717) is 16.3 Å². The molecule has 0 saturated carbocycles.